The molecular formula is C32H34F3NO5. The molecule has 4 rings (SSSR count). The smallest absolute Gasteiger partial charge is 0.417 e. The third-order valence-electron chi connectivity index (χ3n) is 6.97. The SMILES string of the molecule is COC(=O)[C@@H](OC(C)(C)C)c1c(-c2ccc(C)cc2)c(C)c2c(c1C(F)(F)F)CN(C(=O)OCc1ccccc1)C2. The second kappa shape index (κ2) is 11.6. The number of hydrogen-bond donors (Lipinski definition) is 0. The van der Waals surface area contributed by atoms with E-state index < -0.39 is 35.5 Å². The van der Waals surface area contributed by atoms with E-state index in [1.807, 2.05) is 13.0 Å². The number of hydrogen-bond acceptors (Lipinski definition) is 5. The predicted molar refractivity (Wildman–Crippen MR) is 148 cm³/mol. The van der Waals surface area contributed by atoms with Gasteiger partial charge in [-0.25, -0.2) is 9.59 Å². The lowest BCUT2D eigenvalue weighted by molar-refractivity contribution is -0.166. The monoisotopic (exact) mass is 569 g/mol. The fourth-order valence-electron chi connectivity index (χ4n) is 5.15. The normalized spacial score (nSPS) is 14.0. The summed E-state index contributed by atoms with van der Waals surface area (Å²) in [5, 5.41) is 0. The highest BCUT2D eigenvalue weighted by Crippen LogP contribution is 2.49. The molecule has 0 spiro atoms. The molecule has 0 saturated heterocycles. The van der Waals surface area contributed by atoms with Gasteiger partial charge >= 0.3 is 18.2 Å². The van der Waals surface area contributed by atoms with E-state index in [1.165, 1.54) is 4.90 Å². The first-order chi connectivity index (χ1) is 19.2. The molecule has 0 aromatic heterocycles. The Hall–Kier alpha value is -3.85. The molecule has 6 nitrogen and oxygen atoms in total. The number of alkyl halides is 3. The van der Waals surface area contributed by atoms with Crippen molar-refractivity contribution in [3.8, 4) is 11.1 Å². The predicted octanol–water partition coefficient (Wildman–Crippen LogP) is 7.67. The highest BCUT2D eigenvalue weighted by atomic mass is 19.4. The van der Waals surface area contributed by atoms with Crippen LogP contribution >= 0.6 is 0 Å². The van der Waals surface area contributed by atoms with Crippen molar-refractivity contribution >= 4 is 12.1 Å². The number of carbonyl (C=O) groups is 2. The number of methoxy groups -OCH3 is 1. The summed E-state index contributed by atoms with van der Waals surface area (Å²) in [5.74, 6) is -0.949. The largest absolute Gasteiger partial charge is 0.467 e. The van der Waals surface area contributed by atoms with Crippen molar-refractivity contribution in [3.05, 3.63) is 93.5 Å². The van der Waals surface area contributed by atoms with E-state index >= 15 is 13.2 Å². The summed E-state index contributed by atoms with van der Waals surface area (Å²) in [4.78, 5) is 27.4. The molecule has 0 fully saturated rings. The summed E-state index contributed by atoms with van der Waals surface area (Å²) in [5.41, 5.74) is 0.927. The number of halogens is 3. The van der Waals surface area contributed by atoms with Crippen molar-refractivity contribution in [1.29, 1.82) is 0 Å². The molecule has 0 N–H and O–H groups in total. The molecule has 1 heterocycles. The van der Waals surface area contributed by atoms with Crippen molar-refractivity contribution < 1.29 is 37.0 Å². The maximum absolute atomic E-state index is 15.1. The molecular weight excluding hydrogens is 535 g/mol. The third-order valence-corrected chi connectivity index (χ3v) is 6.97. The molecule has 41 heavy (non-hydrogen) atoms. The van der Waals surface area contributed by atoms with Gasteiger partial charge in [0.25, 0.3) is 0 Å². The molecule has 0 saturated carbocycles. The lowest BCUT2D eigenvalue weighted by Crippen LogP contribution is -2.31. The minimum atomic E-state index is -4.87. The maximum Gasteiger partial charge on any atom is 0.417 e. The van der Waals surface area contributed by atoms with Gasteiger partial charge in [-0.3, -0.25) is 4.90 Å². The molecule has 1 atom stereocenters. The van der Waals surface area contributed by atoms with Crippen LogP contribution in [0.2, 0.25) is 0 Å². The minimum absolute atomic E-state index is 0.0126. The summed E-state index contributed by atoms with van der Waals surface area (Å²) in [6.45, 7) is 8.15. The van der Waals surface area contributed by atoms with E-state index in [0.717, 1.165) is 18.2 Å². The maximum atomic E-state index is 15.1. The summed E-state index contributed by atoms with van der Waals surface area (Å²) in [7, 11) is 1.12. The fourth-order valence-corrected chi connectivity index (χ4v) is 5.15. The summed E-state index contributed by atoms with van der Waals surface area (Å²) < 4.78 is 61.7. The first kappa shape index (κ1) is 30.1. The lowest BCUT2D eigenvalue weighted by atomic mass is 9.82. The van der Waals surface area contributed by atoms with Gasteiger partial charge < -0.3 is 14.2 Å². The number of esters is 1. The Labute approximate surface area is 238 Å². The summed E-state index contributed by atoms with van der Waals surface area (Å²) in [6.07, 6.45) is -7.27. The first-order valence-electron chi connectivity index (χ1n) is 13.2. The standard InChI is InChI=1S/C32H34F3NO5/c1-19-12-14-22(15-13-19)25-20(2)23-16-36(30(38)40-18-21-10-8-7-9-11-21)17-24(23)27(32(33,34)35)26(25)28(29(37)39-6)41-31(3,4)5/h7-15,28H,16-18H2,1-6H3/t28-/m0/s1. The van der Waals surface area contributed by atoms with Crippen LogP contribution in [0.1, 0.15) is 65.8 Å². The van der Waals surface area contributed by atoms with E-state index in [1.54, 1.807) is 76.2 Å². The molecule has 1 aliphatic heterocycles. The van der Waals surface area contributed by atoms with Crippen LogP contribution in [0.3, 0.4) is 0 Å². The van der Waals surface area contributed by atoms with E-state index in [-0.39, 0.29) is 36.4 Å². The van der Waals surface area contributed by atoms with Crippen molar-refractivity contribution in [2.24, 2.45) is 0 Å². The van der Waals surface area contributed by atoms with Crippen LogP contribution < -0.4 is 0 Å². The van der Waals surface area contributed by atoms with E-state index in [4.69, 9.17) is 14.2 Å². The molecule has 218 valence electrons. The molecule has 0 aliphatic carbocycles. The van der Waals surface area contributed by atoms with Crippen LogP contribution in [0.5, 0.6) is 0 Å². The van der Waals surface area contributed by atoms with Gasteiger partial charge in [-0.2, -0.15) is 13.2 Å². The Kier molecular flexibility index (Phi) is 8.49. The fraction of sp³-hybridized carbons (Fsp3) is 0.375. The molecule has 1 aliphatic rings. The molecule has 3 aromatic rings. The number of ether oxygens (including phenoxy) is 3. The minimum Gasteiger partial charge on any atom is -0.467 e. The Morgan fingerprint density at radius 3 is 2.10 bits per heavy atom. The van der Waals surface area contributed by atoms with E-state index in [0.29, 0.717) is 16.7 Å². The second-order valence-electron chi connectivity index (χ2n) is 11.1. The zero-order valence-electron chi connectivity index (χ0n) is 24.0. The number of nitrogens with zero attached hydrogens (tertiary/aromatic N) is 1. The van der Waals surface area contributed by atoms with Crippen LogP contribution in [0, 0.1) is 13.8 Å². The van der Waals surface area contributed by atoms with Gasteiger partial charge in [0, 0.05) is 12.1 Å². The molecule has 1 amide bonds. The van der Waals surface area contributed by atoms with E-state index in [2.05, 4.69) is 0 Å². The highest BCUT2D eigenvalue weighted by Gasteiger charge is 2.46. The van der Waals surface area contributed by atoms with Crippen molar-refractivity contribution in [1.82, 2.24) is 4.90 Å². The first-order valence-corrected chi connectivity index (χ1v) is 13.2. The zero-order chi connectivity index (χ0) is 30.1. The van der Waals surface area contributed by atoms with Gasteiger partial charge in [0.05, 0.1) is 24.8 Å². The van der Waals surface area contributed by atoms with Gasteiger partial charge in [-0.15, -0.1) is 0 Å². The van der Waals surface area contributed by atoms with Crippen LogP contribution in [0.25, 0.3) is 11.1 Å². The number of carbonyl (C=O) groups excluding carboxylic acids is 2. The molecule has 0 bridgehead atoms. The number of fused-ring (bicyclic) bond motifs is 1. The van der Waals surface area contributed by atoms with Crippen LogP contribution in [-0.2, 0) is 44.9 Å². The number of benzene rings is 3. The average Bonchev–Trinajstić information content (AvgIpc) is 3.35. The molecule has 3 aromatic carbocycles. The number of aryl methyl sites for hydroxylation is 1. The van der Waals surface area contributed by atoms with Gasteiger partial charge in [0.15, 0.2) is 6.10 Å². The van der Waals surface area contributed by atoms with Crippen LogP contribution in [-0.4, -0.2) is 29.7 Å². The Bertz CT molecular complexity index is 1430. The topological polar surface area (TPSA) is 65.1 Å². The Morgan fingerprint density at radius 1 is 0.927 bits per heavy atom. The van der Waals surface area contributed by atoms with Gasteiger partial charge in [-0.1, -0.05) is 60.2 Å². The zero-order valence-corrected chi connectivity index (χ0v) is 24.0. The Morgan fingerprint density at radius 2 is 1.54 bits per heavy atom. The molecule has 0 unspecified atom stereocenters. The van der Waals surface area contributed by atoms with Gasteiger partial charge in [-0.05, 0) is 68.0 Å². The van der Waals surface area contributed by atoms with Crippen LogP contribution in [0.4, 0.5) is 18.0 Å². The molecule has 0 radical (unpaired) electrons. The van der Waals surface area contributed by atoms with Gasteiger partial charge in [0.2, 0.25) is 0 Å². The van der Waals surface area contributed by atoms with Crippen LogP contribution in [0.15, 0.2) is 54.6 Å². The highest BCUT2D eigenvalue weighted by molar-refractivity contribution is 5.85. The number of amides is 1. The van der Waals surface area contributed by atoms with Gasteiger partial charge in [0.1, 0.15) is 6.61 Å². The van der Waals surface area contributed by atoms with E-state index in [9.17, 15) is 9.59 Å². The number of rotatable bonds is 6. The quantitative estimate of drug-likeness (QED) is 0.285. The third kappa shape index (κ3) is 6.56. The van der Waals surface area contributed by atoms with Crippen molar-refractivity contribution in [2.45, 2.75) is 72.2 Å². The Balaban J connectivity index is 1.91. The average molecular weight is 570 g/mol. The summed E-state index contributed by atoms with van der Waals surface area (Å²) in [6, 6.07) is 16.1. The second-order valence-corrected chi connectivity index (χ2v) is 11.1. The van der Waals surface area contributed by atoms with Crippen molar-refractivity contribution in [2.75, 3.05) is 7.11 Å². The molecule has 9 heteroatoms. The summed E-state index contributed by atoms with van der Waals surface area (Å²) >= 11 is 0. The lowest BCUT2D eigenvalue weighted by Gasteiger charge is -2.31. The van der Waals surface area contributed by atoms with Crippen molar-refractivity contribution in [3.63, 3.8) is 0 Å².